The number of carbonyl (C=O) groups excluding carboxylic acids is 1. The summed E-state index contributed by atoms with van der Waals surface area (Å²) in [5.74, 6) is -0.0828. The number of benzene rings is 1. The average molecular weight is 176 g/mol. The number of nitrogens with one attached hydrogen (secondary N) is 1. The third-order valence-electron chi connectivity index (χ3n) is 1.50. The number of nitrogen functional groups attached to an aromatic ring is 1. The molecule has 0 spiro atoms. The third kappa shape index (κ3) is 2.99. The molecule has 3 heteroatoms. The summed E-state index contributed by atoms with van der Waals surface area (Å²) in [5, 5.41) is 2.69. The minimum Gasteiger partial charge on any atom is -0.399 e. The highest BCUT2D eigenvalue weighted by molar-refractivity contribution is 5.91. The molecule has 0 aliphatic carbocycles. The maximum atomic E-state index is 11.1. The summed E-state index contributed by atoms with van der Waals surface area (Å²) in [7, 11) is 0. The van der Waals surface area contributed by atoms with Crippen LogP contribution in [0.5, 0.6) is 0 Å². The van der Waals surface area contributed by atoms with Crippen molar-refractivity contribution in [2.75, 3.05) is 11.1 Å². The van der Waals surface area contributed by atoms with Gasteiger partial charge in [0.1, 0.15) is 0 Å². The summed E-state index contributed by atoms with van der Waals surface area (Å²) in [6.07, 6.45) is 1.87. The maximum Gasteiger partial charge on any atom is 0.228 e. The fourth-order valence-electron chi connectivity index (χ4n) is 0.960. The lowest BCUT2D eigenvalue weighted by Gasteiger charge is -2.03. The Labute approximate surface area is 77.3 Å². The molecular weight excluding hydrogens is 164 g/mol. The van der Waals surface area contributed by atoms with Crippen molar-refractivity contribution in [3.05, 3.63) is 36.9 Å². The van der Waals surface area contributed by atoms with Crippen LogP contribution in [0, 0.1) is 0 Å². The molecule has 0 heterocycles. The van der Waals surface area contributed by atoms with Crippen LogP contribution in [-0.2, 0) is 4.79 Å². The van der Waals surface area contributed by atoms with Gasteiger partial charge in [-0.15, -0.1) is 6.58 Å². The molecule has 0 radical (unpaired) electrons. The second-order valence-corrected chi connectivity index (χ2v) is 2.67. The van der Waals surface area contributed by atoms with Gasteiger partial charge in [0.25, 0.3) is 0 Å². The Balaban J connectivity index is 2.63. The molecule has 3 nitrogen and oxygen atoms in total. The second kappa shape index (κ2) is 4.30. The molecule has 0 aliphatic rings. The van der Waals surface area contributed by atoms with E-state index in [1.807, 2.05) is 0 Å². The van der Waals surface area contributed by atoms with E-state index in [9.17, 15) is 4.79 Å². The summed E-state index contributed by atoms with van der Waals surface area (Å²) >= 11 is 0. The quantitative estimate of drug-likeness (QED) is 0.545. The zero-order valence-electron chi connectivity index (χ0n) is 7.29. The first-order chi connectivity index (χ1) is 6.22. The van der Waals surface area contributed by atoms with E-state index in [4.69, 9.17) is 5.73 Å². The van der Waals surface area contributed by atoms with Crippen molar-refractivity contribution < 1.29 is 4.79 Å². The highest BCUT2D eigenvalue weighted by Crippen LogP contribution is 2.11. The van der Waals surface area contributed by atoms with Crippen LogP contribution >= 0.6 is 0 Å². The topological polar surface area (TPSA) is 55.1 Å². The van der Waals surface area contributed by atoms with Gasteiger partial charge >= 0.3 is 0 Å². The van der Waals surface area contributed by atoms with Crippen LogP contribution in [0.4, 0.5) is 11.4 Å². The molecule has 0 aliphatic heterocycles. The predicted octanol–water partition coefficient (Wildman–Crippen LogP) is 1.78. The van der Waals surface area contributed by atoms with Gasteiger partial charge in [-0.2, -0.15) is 0 Å². The molecule has 0 saturated carbocycles. The molecule has 1 aromatic rings. The predicted molar refractivity (Wildman–Crippen MR) is 54.3 cm³/mol. The van der Waals surface area contributed by atoms with Crippen molar-refractivity contribution in [1.29, 1.82) is 0 Å². The highest BCUT2D eigenvalue weighted by atomic mass is 16.1. The summed E-state index contributed by atoms with van der Waals surface area (Å²) in [6, 6.07) is 7.06. The van der Waals surface area contributed by atoms with Crippen molar-refractivity contribution in [2.24, 2.45) is 0 Å². The van der Waals surface area contributed by atoms with Gasteiger partial charge in [-0.1, -0.05) is 12.1 Å². The molecule has 1 amide bonds. The molecule has 68 valence electrons. The minimum absolute atomic E-state index is 0.0828. The first-order valence-electron chi connectivity index (χ1n) is 3.98. The van der Waals surface area contributed by atoms with Gasteiger partial charge in [0, 0.05) is 17.8 Å². The van der Waals surface area contributed by atoms with E-state index in [1.165, 1.54) is 0 Å². The van der Waals surface area contributed by atoms with Crippen molar-refractivity contribution in [3.8, 4) is 0 Å². The van der Waals surface area contributed by atoms with Crippen LogP contribution in [0.3, 0.4) is 0 Å². The smallest absolute Gasteiger partial charge is 0.228 e. The molecule has 3 N–H and O–H groups in total. The highest BCUT2D eigenvalue weighted by Gasteiger charge is 1.98. The summed E-state index contributed by atoms with van der Waals surface area (Å²) < 4.78 is 0. The molecule has 0 saturated heterocycles. The number of amides is 1. The van der Waals surface area contributed by atoms with E-state index >= 15 is 0 Å². The van der Waals surface area contributed by atoms with Crippen molar-refractivity contribution in [1.82, 2.24) is 0 Å². The van der Waals surface area contributed by atoms with Gasteiger partial charge < -0.3 is 11.1 Å². The monoisotopic (exact) mass is 176 g/mol. The van der Waals surface area contributed by atoms with Gasteiger partial charge in [-0.25, -0.2) is 0 Å². The largest absolute Gasteiger partial charge is 0.399 e. The van der Waals surface area contributed by atoms with Crippen LogP contribution in [0.15, 0.2) is 36.9 Å². The number of rotatable bonds is 3. The lowest BCUT2D eigenvalue weighted by molar-refractivity contribution is -0.115. The van der Waals surface area contributed by atoms with Gasteiger partial charge in [-0.05, 0) is 18.2 Å². The van der Waals surface area contributed by atoms with E-state index in [1.54, 1.807) is 30.3 Å². The maximum absolute atomic E-state index is 11.1. The van der Waals surface area contributed by atoms with E-state index in [0.29, 0.717) is 17.8 Å². The number of nitrogens with two attached hydrogens (primary N) is 1. The van der Waals surface area contributed by atoms with E-state index in [0.717, 1.165) is 0 Å². The normalized spacial score (nSPS) is 9.23. The lowest BCUT2D eigenvalue weighted by atomic mass is 10.2. The number of carbonyl (C=O) groups is 1. The minimum atomic E-state index is -0.0828. The summed E-state index contributed by atoms with van der Waals surface area (Å²) in [4.78, 5) is 11.1. The van der Waals surface area contributed by atoms with E-state index in [2.05, 4.69) is 11.9 Å². The Morgan fingerprint density at radius 3 is 3.00 bits per heavy atom. The fourth-order valence-corrected chi connectivity index (χ4v) is 0.960. The van der Waals surface area contributed by atoms with Gasteiger partial charge in [0.15, 0.2) is 0 Å². The first kappa shape index (κ1) is 9.32. The Morgan fingerprint density at radius 2 is 2.38 bits per heavy atom. The van der Waals surface area contributed by atoms with Crippen LogP contribution < -0.4 is 11.1 Å². The zero-order valence-corrected chi connectivity index (χ0v) is 7.29. The Morgan fingerprint density at radius 1 is 1.62 bits per heavy atom. The summed E-state index contributed by atoms with van der Waals surface area (Å²) in [5.41, 5.74) is 6.89. The van der Waals surface area contributed by atoms with Crippen LogP contribution in [0.25, 0.3) is 0 Å². The molecule has 0 fully saturated rings. The molecule has 1 aromatic carbocycles. The third-order valence-corrected chi connectivity index (χ3v) is 1.50. The molecule has 0 unspecified atom stereocenters. The number of anilines is 2. The Kier molecular flexibility index (Phi) is 3.09. The van der Waals surface area contributed by atoms with E-state index < -0.39 is 0 Å². The SMILES string of the molecule is C=CCC(=O)Nc1cccc(N)c1. The van der Waals surface area contributed by atoms with Gasteiger partial charge in [0.2, 0.25) is 5.91 Å². The zero-order chi connectivity index (χ0) is 9.68. The van der Waals surface area contributed by atoms with Crippen molar-refractivity contribution in [3.63, 3.8) is 0 Å². The Hall–Kier alpha value is -1.77. The van der Waals surface area contributed by atoms with E-state index in [-0.39, 0.29) is 5.91 Å². The molecule has 0 bridgehead atoms. The van der Waals surface area contributed by atoms with Gasteiger partial charge in [0.05, 0.1) is 0 Å². The molecule has 1 rings (SSSR count). The van der Waals surface area contributed by atoms with Crippen LogP contribution in [0.1, 0.15) is 6.42 Å². The molecule has 0 atom stereocenters. The van der Waals surface area contributed by atoms with Crippen molar-refractivity contribution >= 4 is 17.3 Å². The van der Waals surface area contributed by atoms with Crippen LogP contribution in [-0.4, -0.2) is 5.91 Å². The lowest BCUT2D eigenvalue weighted by Crippen LogP contribution is -2.09. The van der Waals surface area contributed by atoms with Crippen LogP contribution in [0.2, 0.25) is 0 Å². The number of hydrogen-bond donors (Lipinski definition) is 2. The molecule has 0 aromatic heterocycles. The molecular formula is C10H12N2O. The number of hydrogen-bond acceptors (Lipinski definition) is 2. The van der Waals surface area contributed by atoms with Crippen molar-refractivity contribution in [2.45, 2.75) is 6.42 Å². The fraction of sp³-hybridized carbons (Fsp3) is 0.100. The summed E-state index contributed by atoms with van der Waals surface area (Å²) in [6.45, 7) is 3.47. The Bertz CT molecular complexity index is 320. The standard InChI is InChI=1S/C10H12N2O/c1-2-4-10(13)12-9-6-3-5-8(11)7-9/h2-3,5-7H,1,4,11H2,(H,12,13). The molecule has 13 heavy (non-hydrogen) atoms. The average Bonchev–Trinajstić information content (AvgIpc) is 2.04. The van der Waals surface area contributed by atoms with Gasteiger partial charge in [-0.3, -0.25) is 4.79 Å². The second-order valence-electron chi connectivity index (χ2n) is 2.67. The first-order valence-corrected chi connectivity index (χ1v) is 3.98.